The first-order valence-electron chi connectivity index (χ1n) is 6.55. The van der Waals surface area contributed by atoms with E-state index in [-0.39, 0.29) is 37.0 Å². The summed E-state index contributed by atoms with van der Waals surface area (Å²) in [7, 11) is 0. The molecule has 1 amide bonds. The van der Waals surface area contributed by atoms with E-state index in [2.05, 4.69) is 5.32 Å². The highest BCUT2D eigenvalue weighted by molar-refractivity contribution is 5.89. The van der Waals surface area contributed by atoms with Gasteiger partial charge < -0.3 is 20.1 Å². The number of carbonyl (C=O) groups excluding carboxylic acids is 2. The lowest BCUT2D eigenvalue weighted by atomic mass is 10.2. The molecule has 1 aromatic rings. The standard InChI is InChI=1S/C13H15N3O6/c1-8(17)5-14-12(18)6-15-7-13(19)22-11-4-9(16(20)21)2-3-10(11)15/h2-4,8,17H,5-7H2,1H3,(H,14,18). The van der Waals surface area contributed by atoms with Gasteiger partial charge in [0.05, 0.1) is 29.3 Å². The molecule has 0 aromatic heterocycles. The van der Waals surface area contributed by atoms with Crippen LogP contribution in [0.1, 0.15) is 6.92 Å². The van der Waals surface area contributed by atoms with Gasteiger partial charge in [-0.15, -0.1) is 0 Å². The van der Waals surface area contributed by atoms with Gasteiger partial charge in [-0.1, -0.05) is 0 Å². The van der Waals surface area contributed by atoms with Crippen molar-refractivity contribution in [2.45, 2.75) is 13.0 Å². The summed E-state index contributed by atoms with van der Waals surface area (Å²) in [5, 5.41) is 22.4. The summed E-state index contributed by atoms with van der Waals surface area (Å²) in [6, 6.07) is 3.85. The molecule has 9 heteroatoms. The third kappa shape index (κ3) is 3.70. The lowest BCUT2D eigenvalue weighted by Crippen LogP contribution is -2.44. The molecule has 1 atom stereocenters. The fraction of sp³-hybridized carbons (Fsp3) is 0.385. The minimum absolute atomic E-state index is 0.0498. The van der Waals surface area contributed by atoms with Crippen LogP contribution in [0.2, 0.25) is 0 Å². The van der Waals surface area contributed by atoms with Crippen LogP contribution in [0.3, 0.4) is 0 Å². The van der Waals surface area contributed by atoms with Gasteiger partial charge in [0.1, 0.15) is 6.54 Å². The number of anilines is 1. The molecule has 1 aromatic carbocycles. The molecule has 0 saturated heterocycles. The van der Waals surface area contributed by atoms with E-state index in [9.17, 15) is 19.7 Å². The molecular weight excluding hydrogens is 294 g/mol. The van der Waals surface area contributed by atoms with Gasteiger partial charge in [-0.3, -0.25) is 14.9 Å². The molecular formula is C13H15N3O6. The number of aliphatic hydroxyl groups is 1. The van der Waals surface area contributed by atoms with Crippen LogP contribution in [0, 0.1) is 10.1 Å². The fourth-order valence-corrected chi connectivity index (χ4v) is 1.99. The van der Waals surface area contributed by atoms with Crippen molar-refractivity contribution in [1.82, 2.24) is 5.32 Å². The summed E-state index contributed by atoms with van der Waals surface area (Å²) in [4.78, 5) is 34.9. The van der Waals surface area contributed by atoms with E-state index in [1.807, 2.05) is 0 Å². The van der Waals surface area contributed by atoms with E-state index in [4.69, 9.17) is 9.84 Å². The number of rotatable bonds is 5. The van der Waals surface area contributed by atoms with Crippen LogP contribution in [0.5, 0.6) is 5.75 Å². The summed E-state index contributed by atoms with van der Waals surface area (Å²) in [5.41, 5.74) is 0.226. The molecule has 1 unspecified atom stereocenters. The van der Waals surface area contributed by atoms with Crippen LogP contribution in [0.4, 0.5) is 11.4 Å². The van der Waals surface area contributed by atoms with Crippen LogP contribution >= 0.6 is 0 Å². The summed E-state index contributed by atoms with van der Waals surface area (Å²) in [5.74, 6) is -0.926. The Morgan fingerprint density at radius 3 is 2.95 bits per heavy atom. The van der Waals surface area contributed by atoms with Gasteiger partial charge in [0.15, 0.2) is 5.75 Å². The van der Waals surface area contributed by atoms with Crippen LogP contribution in [0.25, 0.3) is 0 Å². The number of aliphatic hydroxyl groups excluding tert-OH is 1. The first kappa shape index (κ1) is 15.7. The Morgan fingerprint density at radius 1 is 1.59 bits per heavy atom. The number of nitrogens with zero attached hydrogens (tertiary/aromatic N) is 2. The zero-order chi connectivity index (χ0) is 16.3. The maximum Gasteiger partial charge on any atom is 0.331 e. The zero-order valence-corrected chi connectivity index (χ0v) is 11.8. The van der Waals surface area contributed by atoms with Gasteiger partial charge >= 0.3 is 5.97 Å². The lowest BCUT2D eigenvalue weighted by molar-refractivity contribution is -0.384. The Hall–Kier alpha value is -2.68. The van der Waals surface area contributed by atoms with E-state index in [0.717, 1.165) is 6.07 Å². The van der Waals surface area contributed by atoms with Crippen LogP contribution in [-0.4, -0.2) is 47.6 Å². The topological polar surface area (TPSA) is 122 Å². The average Bonchev–Trinajstić information content (AvgIpc) is 2.44. The number of hydrogen-bond acceptors (Lipinski definition) is 7. The molecule has 2 N–H and O–H groups in total. The third-order valence-electron chi connectivity index (χ3n) is 2.97. The lowest BCUT2D eigenvalue weighted by Gasteiger charge is -2.29. The van der Waals surface area contributed by atoms with Crippen molar-refractivity contribution in [3.8, 4) is 5.75 Å². The smallest absolute Gasteiger partial charge is 0.331 e. The highest BCUT2D eigenvalue weighted by atomic mass is 16.6. The average molecular weight is 309 g/mol. The van der Waals surface area contributed by atoms with E-state index in [1.54, 1.807) is 0 Å². The highest BCUT2D eigenvalue weighted by Crippen LogP contribution is 2.34. The van der Waals surface area contributed by atoms with Gasteiger partial charge in [-0.25, -0.2) is 4.79 Å². The summed E-state index contributed by atoms with van der Waals surface area (Å²) in [6.07, 6.45) is -0.676. The van der Waals surface area contributed by atoms with Crippen LogP contribution in [-0.2, 0) is 9.59 Å². The monoisotopic (exact) mass is 309 g/mol. The molecule has 0 aliphatic carbocycles. The molecule has 1 aliphatic rings. The molecule has 0 saturated carbocycles. The van der Waals surface area contributed by atoms with E-state index in [1.165, 1.54) is 24.0 Å². The van der Waals surface area contributed by atoms with Crippen molar-refractivity contribution in [3.63, 3.8) is 0 Å². The molecule has 9 nitrogen and oxygen atoms in total. The van der Waals surface area contributed by atoms with E-state index >= 15 is 0 Å². The Kier molecular flexibility index (Phi) is 4.56. The van der Waals surface area contributed by atoms with Gasteiger partial charge in [0.2, 0.25) is 5.91 Å². The Morgan fingerprint density at radius 2 is 2.32 bits per heavy atom. The predicted molar refractivity (Wildman–Crippen MR) is 75.6 cm³/mol. The zero-order valence-electron chi connectivity index (χ0n) is 11.8. The molecule has 0 spiro atoms. The Balaban J connectivity index is 2.16. The number of fused-ring (bicyclic) bond motifs is 1. The second-order valence-electron chi connectivity index (χ2n) is 4.89. The SMILES string of the molecule is CC(O)CNC(=O)CN1CC(=O)Oc2cc([N+](=O)[O-])ccc21. The van der Waals surface area contributed by atoms with Gasteiger partial charge in [0, 0.05) is 12.6 Å². The van der Waals surface area contributed by atoms with E-state index in [0.29, 0.717) is 5.69 Å². The number of hydrogen-bond donors (Lipinski definition) is 2. The molecule has 1 aliphatic heterocycles. The molecule has 0 bridgehead atoms. The maximum atomic E-state index is 11.8. The minimum Gasteiger partial charge on any atom is -0.423 e. The summed E-state index contributed by atoms with van der Waals surface area (Å²) < 4.78 is 4.98. The minimum atomic E-state index is -0.676. The predicted octanol–water partition coefficient (Wildman–Crippen LogP) is -0.183. The number of amides is 1. The fourth-order valence-electron chi connectivity index (χ4n) is 1.99. The molecule has 0 radical (unpaired) electrons. The van der Waals surface area contributed by atoms with Gasteiger partial charge in [0.25, 0.3) is 5.69 Å². The largest absolute Gasteiger partial charge is 0.423 e. The molecule has 1 heterocycles. The number of benzene rings is 1. The summed E-state index contributed by atoms with van der Waals surface area (Å²) >= 11 is 0. The Bertz CT molecular complexity index is 616. The molecule has 22 heavy (non-hydrogen) atoms. The number of nitro benzene ring substituents is 1. The number of esters is 1. The Labute approximate surface area is 125 Å². The van der Waals surface area contributed by atoms with Crippen molar-refractivity contribution in [1.29, 1.82) is 0 Å². The van der Waals surface area contributed by atoms with Gasteiger partial charge in [-0.05, 0) is 13.0 Å². The molecule has 2 rings (SSSR count). The van der Waals surface area contributed by atoms with Gasteiger partial charge in [-0.2, -0.15) is 0 Å². The second kappa shape index (κ2) is 6.39. The molecule has 118 valence electrons. The van der Waals surface area contributed by atoms with Crippen molar-refractivity contribution >= 4 is 23.3 Å². The number of nitrogens with one attached hydrogen (secondary N) is 1. The third-order valence-corrected chi connectivity index (χ3v) is 2.97. The highest BCUT2D eigenvalue weighted by Gasteiger charge is 2.27. The van der Waals surface area contributed by atoms with Crippen molar-refractivity contribution < 1.29 is 24.4 Å². The van der Waals surface area contributed by atoms with E-state index < -0.39 is 17.0 Å². The van der Waals surface area contributed by atoms with Crippen molar-refractivity contribution in [2.24, 2.45) is 0 Å². The van der Waals surface area contributed by atoms with Crippen molar-refractivity contribution in [3.05, 3.63) is 28.3 Å². The number of carbonyl (C=O) groups is 2. The van der Waals surface area contributed by atoms with Crippen molar-refractivity contribution in [2.75, 3.05) is 24.5 Å². The normalized spacial score (nSPS) is 14.8. The quantitative estimate of drug-likeness (QED) is 0.335. The van der Waals surface area contributed by atoms with Crippen LogP contribution in [0.15, 0.2) is 18.2 Å². The number of non-ortho nitro benzene ring substituents is 1. The van der Waals surface area contributed by atoms with Crippen LogP contribution < -0.4 is 15.0 Å². The maximum absolute atomic E-state index is 11.8. The first-order chi connectivity index (χ1) is 10.4. The number of ether oxygens (including phenoxy) is 1. The second-order valence-corrected chi connectivity index (χ2v) is 4.89. The molecule has 0 fully saturated rings. The first-order valence-corrected chi connectivity index (χ1v) is 6.55. The summed E-state index contributed by atoms with van der Waals surface area (Å²) in [6.45, 7) is 1.39. The number of nitro groups is 1.